The van der Waals surface area contributed by atoms with Crippen molar-refractivity contribution >= 4 is 11.6 Å². The van der Waals surface area contributed by atoms with Gasteiger partial charge in [-0.05, 0) is 49.9 Å². The van der Waals surface area contributed by atoms with Crippen molar-refractivity contribution in [3.05, 3.63) is 34.6 Å². The van der Waals surface area contributed by atoms with E-state index in [0.29, 0.717) is 5.02 Å². The summed E-state index contributed by atoms with van der Waals surface area (Å²) in [7, 11) is 0. The highest BCUT2D eigenvalue weighted by Crippen LogP contribution is 2.30. The first-order valence-electron chi connectivity index (χ1n) is 6.34. The summed E-state index contributed by atoms with van der Waals surface area (Å²) in [6.07, 6.45) is 5.33. The lowest BCUT2D eigenvalue weighted by Crippen LogP contribution is -2.41. The third-order valence-electron chi connectivity index (χ3n) is 3.60. The Morgan fingerprint density at radius 2 is 2.29 bits per heavy atom. The summed E-state index contributed by atoms with van der Waals surface area (Å²) in [5, 5.41) is 4.03. The predicted octanol–water partition coefficient (Wildman–Crippen LogP) is 3.94. The minimum Gasteiger partial charge on any atom is -0.311 e. The van der Waals surface area contributed by atoms with Gasteiger partial charge in [-0.3, -0.25) is 0 Å². The average Bonchev–Trinajstić information content (AvgIpc) is 2.72. The number of halogens is 2. The van der Waals surface area contributed by atoms with E-state index in [1.807, 2.05) is 6.07 Å². The Balaban J connectivity index is 2.17. The number of rotatable bonds is 4. The summed E-state index contributed by atoms with van der Waals surface area (Å²) in [6.45, 7) is 3.23. The van der Waals surface area contributed by atoms with Gasteiger partial charge in [-0.1, -0.05) is 31.0 Å². The van der Waals surface area contributed by atoms with Gasteiger partial charge in [-0.25, -0.2) is 4.39 Å². The molecule has 1 saturated heterocycles. The topological polar surface area (TPSA) is 12.0 Å². The fourth-order valence-electron chi connectivity index (χ4n) is 2.83. The second kappa shape index (κ2) is 5.36. The number of benzene rings is 1. The van der Waals surface area contributed by atoms with E-state index >= 15 is 0 Å². The molecule has 0 spiro atoms. The zero-order valence-electron chi connectivity index (χ0n) is 10.2. The SMILES string of the molecule is CCCC1(Cc2ccc(Cl)cc2F)CCCN1. The highest BCUT2D eigenvalue weighted by Gasteiger charge is 2.33. The van der Waals surface area contributed by atoms with Crippen LogP contribution in [0.25, 0.3) is 0 Å². The molecule has 1 aliphatic rings. The third-order valence-corrected chi connectivity index (χ3v) is 3.84. The molecule has 0 bridgehead atoms. The van der Waals surface area contributed by atoms with E-state index in [-0.39, 0.29) is 11.4 Å². The molecule has 17 heavy (non-hydrogen) atoms. The monoisotopic (exact) mass is 255 g/mol. The van der Waals surface area contributed by atoms with E-state index in [0.717, 1.165) is 37.8 Å². The fraction of sp³-hybridized carbons (Fsp3) is 0.571. The summed E-state index contributed by atoms with van der Waals surface area (Å²) in [5.41, 5.74) is 0.876. The molecule has 0 aliphatic carbocycles. The zero-order valence-corrected chi connectivity index (χ0v) is 11.0. The molecule has 1 nitrogen and oxygen atoms in total. The van der Waals surface area contributed by atoms with Gasteiger partial charge in [0.2, 0.25) is 0 Å². The van der Waals surface area contributed by atoms with Crippen LogP contribution in [0.2, 0.25) is 5.02 Å². The normalized spacial score (nSPS) is 24.2. The summed E-state index contributed by atoms with van der Waals surface area (Å²) < 4.78 is 13.8. The van der Waals surface area contributed by atoms with Gasteiger partial charge in [0.25, 0.3) is 0 Å². The summed E-state index contributed by atoms with van der Waals surface area (Å²) in [4.78, 5) is 0. The van der Waals surface area contributed by atoms with Crippen molar-refractivity contribution < 1.29 is 4.39 Å². The molecule has 94 valence electrons. The van der Waals surface area contributed by atoms with Crippen LogP contribution in [0.15, 0.2) is 18.2 Å². The highest BCUT2D eigenvalue weighted by molar-refractivity contribution is 6.30. The van der Waals surface area contributed by atoms with Crippen molar-refractivity contribution in [2.45, 2.75) is 44.6 Å². The molecule has 1 fully saturated rings. The molecule has 2 rings (SSSR count). The second-order valence-corrected chi connectivity index (χ2v) is 5.41. The van der Waals surface area contributed by atoms with Crippen LogP contribution in [-0.2, 0) is 6.42 Å². The molecule has 1 aliphatic heterocycles. The molecular formula is C14H19ClFN. The van der Waals surface area contributed by atoms with Gasteiger partial charge < -0.3 is 5.32 Å². The Morgan fingerprint density at radius 3 is 2.88 bits per heavy atom. The van der Waals surface area contributed by atoms with E-state index in [2.05, 4.69) is 12.2 Å². The maximum Gasteiger partial charge on any atom is 0.127 e. The molecule has 3 heteroatoms. The van der Waals surface area contributed by atoms with E-state index in [1.54, 1.807) is 6.07 Å². The number of hydrogen-bond donors (Lipinski definition) is 1. The van der Waals surface area contributed by atoms with Crippen molar-refractivity contribution in [3.8, 4) is 0 Å². The summed E-state index contributed by atoms with van der Waals surface area (Å²) in [5.74, 6) is -0.179. The van der Waals surface area contributed by atoms with Gasteiger partial charge in [0.1, 0.15) is 5.82 Å². The first-order chi connectivity index (χ1) is 8.15. The molecule has 1 unspecified atom stereocenters. The zero-order chi connectivity index (χ0) is 12.3. The summed E-state index contributed by atoms with van der Waals surface area (Å²) >= 11 is 5.77. The van der Waals surface area contributed by atoms with E-state index < -0.39 is 0 Å². The third kappa shape index (κ3) is 2.99. The van der Waals surface area contributed by atoms with Crippen molar-refractivity contribution in [2.75, 3.05) is 6.54 Å². The van der Waals surface area contributed by atoms with Crippen molar-refractivity contribution in [1.82, 2.24) is 5.32 Å². The molecule has 1 aromatic carbocycles. The van der Waals surface area contributed by atoms with Crippen LogP contribution in [0.3, 0.4) is 0 Å². The Hall–Kier alpha value is -0.600. The van der Waals surface area contributed by atoms with E-state index in [9.17, 15) is 4.39 Å². The van der Waals surface area contributed by atoms with Gasteiger partial charge in [0.15, 0.2) is 0 Å². The van der Waals surface area contributed by atoms with Crippen molar-refractivity contribution in [3.63, 3.8) is 0 Å². The Morgan fingerprint density at radius 1 is 1.47 bits per heavy atom. The number of nitrogens with one attached hydrogen (secondary N) is 1. The molecule has 1 N–H and O–H groups in total. The lowest BCUT2D eigenvalue weighted by molar-refractivity contribution is 0.337. The maximum absolute atomic E-state index is 13.8. The molecular weight excluding hydrogens is 237 g/mol. The Bertz CT molecular complexity index is 386. The van der Waals surface area contributed by atoms with Crippen LogP contribution in [0.1, 0.15) is 38.2 Å². The van der Waals surface area contributed by atoms with Gasteiger partial charge in [-0.2, -0.15) is 0 Å². The Kier molecular flexibility index (Phi) is 4.05. The smallest absolute Gasteiger partial charge is 0.127 e. The van der Waals surface area contributed by atoms with E-state index in [4.69, 9.17) is 11.6 Å². The molecule has 1 atom stereocenters. The minimum atomic E-state index is -0.179. The fourth-order valence-corrected chi connectivity index (χ4v) is 2.99. The van der Waals surface area contributed by atoms with Crippen LogP contribution in [0.5, 0.6) is 0 Å². The molecule has 0 amide bonds. The first kappa shape index (κ1) is 12.8. The molecule has 0 radical (unpaired) electrons. The lowest BCUT2D eigenvalue weighted by atomic mass is 9.85. The highest BCUT2D eigenvalue weighted by atomic mass is 35.5. The van der Waals surface area contributed by atoms with Crippen LogP contribution in [-0.4, -0.2) is 12.1 Å². The molecule has 0 aromatic heterocycles. The molecule has 1 aromatic rings. The summed E-state index contributed by atoms with van der Waals surface area (Å²) in [6, 6.07) is 5.00. The predicted molar refractivity (Wildman–Crippen MR) is 70.0 cm³/mol. The van der Waals surface area contributed by atoms with Crippen LogP contribution in [0.4, 0.5) is 4.39 Å². The number of hydrogen-bond acceptors (Lipinski definition) is 1. The average molecular weight is 256 g/mol. The molecule has 0 saturated carbocycles. The minimum absolute atomic E-state index is 0.101. The van der Waals surface area contributed by atoms with Crippen LogP contribution >= 0.6 is 11.6 Å². The quantitative estimate of drug-likeness (QED) is 0.859. The van der Waals surface area contributed by atoms with E-state index in [1.165, 1.54) is 12.5 Å². The lowest BCUT2D eigenvalue weighted by Gasteiger charge is -2.29. The second-order valence-electron chi connectivity index (χ2n) is 4.97. The first-order valence-corrected chi connectivity index (χ1v) is 6.72. The standard InChI is InChI=1S/C14H19ClFN/c1-2-6-14(7-3-8-17-14)10-11-4-5-12(15)9-13(11)16/h4-5,9,17H,2-3,6-8,10H2,1H3. The van der Waals surface area contributed by atoms with Gasteiger partial charge in [0, 0.05) is 10.6 Å². The van der Waals surface area contributed by atoms with Crippen LogP contribution < -0.4 is 5.32 Å². The molecule has 1 heterocycles. The van der Waals surface area contributed by atoms with Gasteiger partial charge >= 0.3 is 0 Å². The van der Waals surface area contributed by atoms with Gasteiger partial charge in [-0.15, -0.1) is 0 Å². The van der Waals surface area contributed by atoms with Crippen molar-refractivity contribution in [2.24, 2.45) is 0 Å². The van der Waals surface area contributed by atoms with Crippen LogP contribution in [0, 0.1) is 5.82 Å². The largest absolute Gasteiger partial charge is 0.311 e. The Labute approximate surface area is 107 Å². The van der Waals surface area contributed by atoms with Gasteiger partial charge in [0.05, 0.1) is 0 Å². The van der Waals surface area contributed by atoms with Crippen molar-refractivity contribution in [1.29, 1.82) is 0 Å². The maximum atomic E-state index is 13.8.